The Kier molecular flexibility index (Phi) is 5.10. The summed E-state index contributed by atoms with van der Waals surface area (Å²) in [5, 5.41) is 10.8. The van der Waals surface area contributed by atoms with Crippen LogP contribution in [0.1, 0.15) is 6.92 Å². The SMILES string of the molecule is CCOC(=O)Nc1ccc(N2CCN(c3ccccc3)CC2)nn1. The molecule has 7 heteroatoms. The molecule has 0 radical (unpaired) electrons. The molecule has 2 heterocycles. The highest BCUT2D eigenvalue weighted by molar-refractivity contribution is 5.83. The van der Waals surface area contributed by atoms with Gasteiger partial charge in [0.05, 0.1) is 6.61 Å². The van der Waals surface area contributed by atoms with Gasteiger partial charge in [0.2, 0.25) is 0 Å². The molecule has 1 aliphatic rings. The van der Waals surface area contributed by atoms with Gasteiger partial charge in [-0.1, -0.05) is 18.2 Å². The van der Waals surface area contributed by atoms with Crippen molar-refractivity contribution in [2.45, 2.75) is 6.92 Å². The summed E-state index contributed by atoms with van der Waals surface area (Å²) >= 11 is 0. The van der Waals surface area contributed by atoms with Crippen molar-refractivity contribution in [2.24, 2.45) is 0 Å². The number of carbonyl (C=O) groups excluding carboxylic acids is 1. The normalized spacial score (nSPS) is 14.4. The Labute approximate surface area is 141 Å². The van der Waals surface area contributed by atoms with Crippen molar-refractivity contribution in [2.75, 3.05) is 47.9 Å². The lowest BCUT2D eigenvalue weighted by atomic mass is 10.2. The van der Waals surface area contributed by atoms with Gasteiger partial charge in [-0.25, -0.2) is 4.79 Å². The largest absolute Gasteiger partial charge is 0.450 e. The number of rotatable bonds is 4. The molecule has 0 unspecified atom stereocenters. The van der Waals surface area contributed by atoms with Crippen molar-refractivity contribution in [3.63, 3.8) is 0 Å². The van der Waals surface area contributed by atoms with E-state index < -0.39 is 6.09 Å². The maximum absolute atomic E-state index is 11.4. The highest BCUT2D eigenvalue weighted by atomic mass is 16.5. The van der Waals surface area contributed by atoms with Crippen LogP contribution in [0.5, 0.6) is 0 Å². The first-order valence-corrected chi connectivity index (χ1v) is 8.08. The van der Waals surface area contributed by atoms with Crippen LogP contribution in [0.15, 0.2) is 42.5 Å². The van der Waals surface area contributed by atoms with E-state index in [2.05, 4.69) is 49.6 Å². The minimum Gasteiger partial charge on any atom is -0.450 e. The van der Waals surface area contributed by atoms with Gasteiger partial charge in [0.1, 0.15) is 0 Å². The van der Waals surface area contributed by atoms with E-state index >= 15 is 0 Å². The van der Waals surface area contributed by atoms with Crippen molar-refractivity contribution in [3.8, 4) is 0 Å². The van der Waals surface area contributed by atoms with E-state index in [0.717, 1.165) is 32.0 Å². The molecule has 24 heavy (non-hydrogen) atoms. The Morgan fingerprint density at radius 3 is 2.38 bits per heavy atom. The number of ether oxygens (including phenoxy) is 1. The van der Waals surface area contributed by atoms with Crippen molar-refractivity contribution in [1.82, 2.24) is 10.2 Å². The number of aromatic nitrogens is 2. The Morgan fingerprint density at radius 1 is 1.04 bits per heavy atom. The van der Waals surface area contributed by atoms with Crippen LogP contribution < -0.4 is 15.1 Å². The summed E-state index contributed by atoms with van der Waals surface area (Å²) in [6.45, 7) is 5.72. The molecule has 0 bridgehead atoms. The second kappa shape index (κ2) is 7.63. The third kappa shape index (κ3) is 3.92. The number of para-hydroxylation sites is 1. The van der Waals surface area contributed by atoms with E-state index in [0.29, 0.717) is 12.4 Å². The van der Waals surface area contributed by atoms with Crippen LogP contribution in [0.4, 0.5) is 22.1 Å². The van der Waals surface area contributed by atoms with Crippen LogP contribution >= 0.6 is 0 Å². The monoisotopic (exact) mass is 327 g/mol. The maximum Gasteiger partial charge on any atom is 0.412 e. The smallest absolute Gasteiger partial charge is 0.412 e. The molecule has 0 aliphatic carbocycles. The highest BCUT2D eigenvalue weighted by Crippen LogP contribution is 2.19. The van der Waals surface area contributed by atoms with Crippen molar-refractivity contribution < 1.29 is 9.53 Å². The third-order valence-corrected chi connectivity index (χ3v) is 3.88. The number of hydrogen-bond acceptors (Lipinski definition) is 6. The zero-order valence-electron chi connectivity index (χ0n) is 13.7. The average molecular weight is 327 g/mol. The van der Waals surface area contributed by atoms with Gasteiger partial charge in [-0.2, -0.15) is 0 Å². The fourth-order valence-corrected chi connectivity index (χ4v) is 2.66. The first kappa shape index (κ1) is 16.0. The number of anilines is 3. The molecule has 1 amide bonds. The predicted octanol–water partition coefficient (Wildman–Crippen LogP) is 2.37. The molecule has 3 rings (SSSR count). The van der Waals surface area contributed by atoms with E-state index in [4.69, 9.17) is 4.74 Å². The summed E-state index contributed by atoms with van der Waals surface area (Å²) in [5.41, 5.74) is 1.25. The molecule has 126 valence electrons. The summed E-state index contributed by atoms with van der Waals surface area (Å²) in [6.07, 6.45) is -0.518. The standard InChI is InChI=1S/C17H21N5O2/c1-2-24-17(23)18-15-8-9-16(20-19-15)22-12-10-21(11-13-22)14-6-4-3-5-7-14/h3-9H,2,10-13H2,1H3,(H,18,19,23). The number of benzene rings is 1. The van der Waals surface area contributed by atoms with Gasteiger partial charge in [-0.05, 0) is 31.2 Å². The van der Waals surface area contributed by atoms with Crippen LogP contribution in [0.25, 0.3) is 0 Å². The lowest BCUT2D eigenvalue weighted by Gasteiger charge is -2.36. The summed E-state index contributed by atoms with van der Waals surface area (Å²) in [6, 6.07) is 14.0. The van der Waals surface area contributed by atoms with Gasteiger partial charge in [-0.3, -0.25) is 5.32 Å². The topological polar surface area (TPSA) is 70.6 Å². The number of amides is 1. The Hall–Kier alpha value is -2.83. The molecule has 1 aromatic heterocycles. The molecule has 1 N–H and O–H groups in total. The second-order valence-electron chi connectivity index (χ2n) is 5.43. The summed E-state index contributed by atoms with van der Waals surface area (Å²) in [7, 11) is 0. The number of carbonyl (C=O) groups is 1. The molecule has 1 aliphatic heterocycles. The van der Waals surface area contributed by atoms with Crippen LogP contribution in [0.2, 0.25) is 0 Å². The number of piperazine rings is 1. The molecule has 1 aromatic carbocycles. The highest BCUT2D eigenvalue weighted by Gasteiger charge is 2.18. The van der Waals surface area contributed by atoms with Gasteiger partial charge in [0.15, 0.2) is 11.6 Å². The first-order chi connectivity index (χ1) is 11.8. The average Bonchev–Trinajstić information content (AvgIpc) is 2.63. The predicted molar refractivity (Wildman–Crippen MR) is 93.5 cm³/mol. The van der Waals surface area contributed by atoms with Crippen LogP contribution in [-0.2, 0) is 4.74 Å². The van der Waals surface area contributed by atoms with Gasteiger partial charge in [0, 0.05) is 31.9 Å². The van der Waals surface area contributed by atoms with Crippen LogP contribution in [-0.4, -0.2) is 49.1 Å². The molecular weight excluding hydrogens is 306 g/mol. The number of nitrogens with one attached hydrogen (secondary N) is 1. The van der Waals surface area contributed by atoms with E-state index in [1.54, 1.807) is 13.0 Å². The number of nitrogens with zero attached hydrogens (tertiary/aromatic N) is 4. The molecule has 0 saturated carbocycles. The van der Waals surface area contributed by atoms with E-state index in [-0.39, 0.29) is 0 Å². The minimum absolute atomic E-state index is 0.322. The number of hydrogen-bond donors (Lipinski definition) is 1. The third-order valence-electron chi connectivity index (χ3n) is 3.88. The Bertz CT molecular complexity index is 654. The van der Waals surface area contributed by atoms with Crippen molar-refractivity contribution in [1.29, 1.82) is 0 Å². The lowest BCUT2D eigenvalue weighted by Crippen LogP contribution is -2.46. The van der Waals surface area contributed by atoms with Crippen molar-refractivity contribution in [3.05, 3.63) is 42.5 Å². The molecule has 0 atom stereocenters. The summed E-state index contributed by atoms with van der Waals surface area (Å²) in [4.78, 5) is 15.9. The van der Waals surface area contributed by atoms with Crippen molar-refractivity contribution >= 4 is 23.4 Å². The van der Waals surface area contributed by atoms with Crippen LogP contribution in [0, 0.1) is 0 Å². The van der Waals surface area contributed by atoms with Crippen LogP contribution in [0.3, 0.4) is 0 Å². The van der Waals surface area contributed by atoms with E-state index in [1.807, 2.05) is 12.1 Å². The zero-order chi connectivity index (χ0) is 16.8. The Morgan fingerprint density at radius 2 is 1.75 bits per heavy atom. The summed E-state index contributed by atoms with van der Waals surface area (Å²) in [5.74, 6) is 1.21. The zero-order valence-corrected chi connectivity index (χ0v) is 13.7. The molecule has 1 fully saturated rings. The van der Waals surface area contributed by atoms with E-state index in [1.165, 1.54) is 5.69 Å². The molecule has 2 aromatic rings. The first-order valence-electron chi connectivity index (χ1n) is 8.08. The lowest BCUT2D eigenvalue weighted by molar-refractivity contribution is 0.168. The maximum atomic E-state index is 11.4. The fraction of sp³-hybridized carbons (Fsp3) is 0.353. The Balaban J connectivity index is 1.55. The fourth-order valence-electron chi connectivity index (χ4n) is 2.66. The summed E-state index contributed by atoms with van der Waals surface area (Å²) < 4.78 is 4.81. The molecule has 0 spiro atoms. The molecule has 7 nitrogen and oxygen atoms in total. The minimum atomic E-state index is -0.518. The van der Waals surface area contributed by atoms with Gasteiger partial charge in [-0.15, -0.1) is 10.2 Å². The van der Waals surface area contributed by atoms with Gasteiger partial charge in [0.25, 0.3) is 0 Å². The van der Waals surface area contributed by atoms with Gasteiger partial charge < -0.3 is 14.5 Å². The quantitative estimate of drug-likeness (QED) is 0.930. The molecule has 1 saturated heterocycles. The molecular formula is C17H21N5O2. The van der Waals surface area contributed by atoms with Gasteiger partial charge >= 0.3 is 6.09 Å². The second-order valence-corrected chi connectivity index (χ2v) is 5.43. The van der Waals surface area contributed by atoms with E-state index in [9.17, 15) is 4.79 Å².